The van der Waals surface area contributed by atoms with Crippen LogP contribution in [-0.2, 0) is 24.8 Å². The zero-order valence-electron chi connectivity index (χ0n) is 28.9. The van der Waals surface area contributed by atoms with E-state index in [1.165, 1.54) is 6.42 Å². The molecule has 3 fully saturated rings. The number of nitrogens with one attached hydrogen (secondary N) is 2. The van der Waals surface area contributed by atoms with Crippen LogP contribution in [0.15, 0.2) is 24.3 Å². The average Bonchev–Trinajstić information content (AvgIpc) is 3.71. The Morgan fingerprint density at radius 1 is 1.02 bits per heavy atom. The Morgan fingerprint density at radius 2 is 1.73 bits per heavy atom. The summed E-state index contributed by atoms with van der Waals surface area (Å²) < 4.78 is 26.8. The van der Waals surface area contributed by atoms with Gasteiger partial charge in [0.05, 0.1) is 11.6 Å². The minimum absolute atomic E-state index is 0.0231. The van der Waals surface area contributed by atoms with Crippen molar-refractivity contribution < 1.29 is 33.0 Å². The number of fused-ring (bicyclic) bond motifs is 3. The quantitative estimate of drug-likeness (QED) is 0.371. The number of hydrogen-bond acceptors (Lipinski definition) is 7. The summed E-state index contributed by atoms with van der Waals surface area (Å²) in [6.07, 6.45) is 5.76. The predicted octanol–water partition coefficient (Wildman–Crippen LogP) is 5.57. The number of aromatic nitrogens is 1. The maximum absolute atomic E-state index is 14.2. The zero-order valence-corrected chi connectivity index (χ0v) is 28.9. The largest absolute Gasteiger partial charge is 0.444 e. The summed E-state index contributed by atoms with van der Waals surface area (Å²) in [7, 11) is 0. The van der Waals surface area contributed by atoms with Crippen LogP contribution in [0.1, 0.15) is 96.5 Å². The highest BCUT2D eigenvalue weighted by atomic mass is 19.1. The number of alkyl halides is 1. The van der Waals surface area contributed by atoms with Crippen LogP contribution in [0, 0.1) is 11.8 Å². The number of likely N-dealkylation sites (tertiary alicyclic amines) is 2. The molecule has 2 N–H and O–H groups in total. The van der Waals surface area contributed by atoms with Crippen molar-refractivity contribution in [1.29, 1.82) is 0 Å². The molecule has 0 radical (unpaired) electrons. The minimum Gasteiger partial charge on any atom is -0.444 e. The Kier molecular flexibility index (Phi) is 9.50. The number of benzene rings is 1. The number of piperidine rings is 1. The lowest BCUT2D eigenvalue weighted by atomic mass is 9.78. The first kappa shape index (κ1) is 34.2. The third kappa shape index (κ3) is 6.91. The molecule has 3 atom stereocenters. The number of halogens is 1. The SMILES string of the molecule is CC(C)(C)OC(=O)N[C@H](CF)[C@H]1CC[C@H](C(=O)N2CC[C@@H](N3CCCCC3)[C@H]2C(=O)Nc2ccc3c(c2)cc2n3C(C)(C)OC2=O)CC1. The molecule has 262 valence electrons. The summed E-state index contributed by atoms with van der Waals surface area (Å²) in [4.78, 5) is 57.3. The molecule has 12 heteroatoms. The monoisotopic (exact) mass is 667 g/mol. The molecule has 6 rings (SSSR count). The van der Waals surface area contributed by atoms with Gasteiger partial charge in [-0.2, -0.15) is 0 Å². The number of hydrogen-bond donors (Lipinski definition) is 2. The van der Waals surface area contributed by atoms with Gasteiger partial charge in [0.1, 0.15) is 24.0 Å². The standard InChI is InChI=1S/C36H50FN5O6/c1-35(2,3)48-34(46)39-26(21-37)22-9-11-23(12-10-22)32(44)41-18-15-28(40-16-7-6-8-17-40)30(41)31(43)38-25-13-14-27-24(19-25)20-29-33(45)47-36(4,5)42(27)29/h13-14,19-20,22-23,26,28,30H,6-12,15-18,21H2,1-5H3,(H,38,43)(H,39,46)/t22-,23-,26-,28-,30+/m1/s1. The van der Waals surface area contributed by atoms with Gasteiger partial charge in [-0.15, -0.1) is 0 Å². The number of carbonyl (C=O) groups is 4. The number of nitrogens with zero attached hydrogens (tertiary/aromatic N) is 3. The minimum atomic E-state index is -0.800. The van der Waals surface area contributed by atoms with Crippen molar-refractivity contribution in [2.75, 3.05) is 31.6 Å². The highest BCUT2D eigenvalue weighted by Crippen LogP contribution is 2.38. The molecule has 1 aliphatic carbocycles. The van der Waals surface area contributed by atoms with Crippen LogP contribution in [0.2, 0.25) is 0 Å². The number of esters is 1. The van der Waals surface area contributed by atoms with Gasteiger partial charge in [0, 0.05) is 29.6 Å². The molecule has 1 saturated carbocycles. The molecule has 2 aromatic rings. The van der Waals surface area contributed by atoms with Gasteiger partial charge in [-0.05, 0) is 123 Å². The van der Waals surface area contributed by atoms with E-state index in [-0.39, 0.29) is 35.7 Å². The molecule has 2 saturated heterocycles. The van der Waals surface area contributed by atoms with Crippen molar-refractivity contribution >= 4 is 40.5 Å². The van der Waals surface area contributed by atoms with E-state index in [1.807, 2.05) is 36.6 Å². The van der Waals surface area contributed by atoms with Crippen molar-refractivity contribution in [2.45, 2.75) is 115 Å². The third-order valence-corrected chi connectivity index (χ3v) is 10.5. The number of anilines is 1. The maximum Gasteiger partial charge on any atom is 0.407 e. The highest BCUT2D eigenvalue weighted by molar-refractivity contribution is 6.02. The summed E-state index contributed by atoms with van der Waals surface area (Å²) in [5.41, 5.74) is 0.447. The van der Waals surface area contributed by atoms with Gasteiger partial charge < -0.3 is 25.0 Å². The summed E-state index contributed by atoms with van der Waals surface area (Å²) in [6.45, 7) is 10.6. The smallest absolute Gasteiger partial charge is 0.407 e. The predicted molar refractivity (Wildman–Crippen MR) is 179 cm³/mol. The van der Waals surface area contributed by atoms with E-state index >= 15 is 0 Å². The molecule has 1 aromatic carbocycles. The lowest BCUT2D eigenvalue weighted by Crippen LogP contribution is -2.55. The fourth-order valence-electron chi connectivity index (χ4n) is 8.28. The molecule has 3 aliphatic heterocycles. The van der Waals surface area contributed by atoms with Gasteiger partial charge in [-0.25, -0.2) is 14.0 Å². The first-order valence-corrected chi connectivity index (χ1v) is 17.6. The van der Waals surface area contributed by atoms with Gasteiger partial charge in [0.2, 0.25) is 11.8 Å². The van der Waals surface area contributed by atoms with E-state index in [0.717, 1.165) is 43.3 Å². The van der Waals surface area contributed by atoms with E-state index in [1.54, 1.807) is 31.7 Å². The molecule has 11 nitrogen and oxygen atoms in total. The van der Waals surface area contributed by atoms with E-state index in [4.69, 9.17) is 9.47 Å². The summed E-state index contributed by atoms with van der Waals surface area (Å²) in [5.74, 6) is -0.968. The Labute approximate surface area is 281 Å². The van der Waals surface area contributed by atoms with Crippen molar-refractivity contribution in [2.24, 2.45) is 11.8 Å². The number of rotatable bonds is 7. The second kappa shape index (κ2) is 13.3. The lowest BCUT2D eigenvalue weighted by molar-refractivity contribution is -0.142. The Hall–Kier alpha value is -3.67. The van der Waals surface area contributed by atoms with Crippen LogP contribution in [0.4, 0.5) is 14.9 Å². The lowest BCUT2D eigenvalue weighted by Gasteiger charge is -2.38. The molecule has 0 unspecified atom stereocenters. The molecule has 4 aliphatic rings. The van der Waals surface area contributed by atoms with Crippen LogP contribution in [-0.4, -0.2) is 88.3 Å². The zero-order chi connectivity index (χ0) is 34.4. The molecule has 3 amide bonds. The molecule has 1 aromatic heterocycles. The number of amides is 3. The van der Waals surface area contributed by atoms with E-state index < -0.39 is 36.2 Å². The third-order valence-electron chi connectivity index (χ3n) is 10.5. The van der Waals surface area contributed by atoms with Crippen molar-refractivity contribution in [3.05, 3.63) is 30.0 Å². The van der Waals surface area contributed by atoms with Gasteiger partial charge in [0.25, 0.3) is 0 Å². The second-order valence-corrected chi connectivity index (χ2v) is 15.4. The normalized spacial score (nSPS) is 26.5. The van der Waals surface area contributed by atoms with Gasteiger partial charge in [-0.1, -0.05) is 6.42 Å². The molecule has 4 heterocycles. The van der Waals surface area contributed by atoms with Crippen LogP contribution >= 0.6 is 0 Å². The number of ether oxygens (including phenoxy) is 2. The Morgan fingerprint density at radius 3 is 2.40 bits per heavy atom. The first-order valence-electron chi connectivity index (χ1n) is 17.6. The molecular weight excluding hydrogens is 617 g/mol. The van der Waals surface area contributed by atoms with Crippen LogP contribution in [0.3, 0.4) is 0 Å². The Bertz CT molecular complexity index is 1550. The summed E-state index contributed by atoms with van der Waals surface area (Å²) >= 11 is 0. The highest BCUT2D eigenvalue weighted by Gasteiger charge is 2.47. The fourth-order valence-corrected chi connectivity index (χ4v) is 8.28. The number of carbonyl (C=O) groups excluding carboxylic acids is 4. The molecule has 48 heavy (non-hydrogen) atoms. The van der Waals surface area contributed by atoms with Gasteiger partial charge in [0.15, 0.2) is 5.72 Å². The van der Waals surface area contributed by atoms with Crippen LogP contribution in [0.5, 0.6) is 0 Å². The van der Waals surface area contributed by atoms with Crippen molar-refractivity contribution in [1.82, 2.24) is 19.7 Å². The van der Waals surface area contributed by atoms with Crippen molar-refractivity contribution in [3.8, 4) is 0 Å². The van der Waals surface area contributed by atoms with E-state index in [2.05, 4.69) is 15.5 Å². The van der Waals surface area contributed by atoms with Gasteiger partial charge in [-0.3, -0.25) is 19.1 Å². The van der Waals surface area contributed by atoms with E-state index in [9.17, 15) is 23.6 Å². The average molecular weight is 668 g/mol. The molecule has 0 spiro atoms. The van der Waals surface area contributed by atoms with Crippen LogP contribution in [0.25, 0.3) is 10.9 Å². The molecule has 0 bridgehead atoms. The second-order valence-electron chi connectivity index (χ2n) is 15.4. The first-order chi connectivity index (χ1) is 22.8. The Balaban J connectivity index is 1.16. The summed E-state index contributed by atoms with van der Waals surface area (Å²) in [6, 6.07) is 6.00. The molecular formula is C36H50FN5O6. The number of cyclic esters (lactones) is 1. The maximum atomic E-state index is 14.2. The van der Waals surface area contributed by atoms with Crippen LogP contribution < -0.4 is 10.6 Å². The topological polar surface area (TPSA) is 122 Å². The number of alkyl carbamates (subject to hydrolysis) is 1. The van der Waals surface area contributed by atoms with Gasteiger partial charge >= 0.3 is 12.1 Å². The van der Waals surface area contributed by atoms with Crippen molar-refractivity contribution in [3.63, 3.8) is 0 Å². The fraction of sp³-hybridized carbons (Fsp3) is 0.667. The summed E-state index contributed by atoms with van der Waals surface area (Å²) in [5, 5.41) is 6.63. The van der Waals surface area contributed by atoms with E-state index in [0.29, 0.717) is 43.6 Å².